The van der Waals surface area contributed by atoms with Gasteiger partial charge >= 0.3 is 7.12 Å². The zero-order valence-electron chi connectivity index (χ0n) is 8.10. The molecule has 1 saturated heterocycles. The van der Waals surface area contributed by atoms with Gasteiger partial charge < -0.3 is 9.31 Å². The van der Waals surface area contributed by atoms with Crippen LogP contribution < -0.4 is 16.7 Å². The van der Waals surface area contributed by atoms with Crippen LogP contribution in [0.5, 0.6) is 0 Å². The number of hydrazine groups is 1. The largest absolute Gasteiger partial charge is 0.494 e. The lowest BCUT2D eigenvalue weighted by Crippen LogP contribution is -2.40. The maximum absolute atomic E-state index is 11.4. The summed E-state index contributed by atoms with van der Waals surface area (Å²) in [6, 6.07) is 7.07. The molecule has 6 heteroatoms. The molecule has 2 rings (SSSR count). The summed E-state index contributed by atoms with van der Waals surface area (Å²) in [7, 11) is -0.460. The molecule has 0 bridgehead atoms. The summed E-state index contributed by atoms with van der Waals surface area (Å²) in [5.41, 5.74) is 3.28. The highest BCUT2D eigenvalue weighted by Crippen LogP contribution is 2.04. The molecule has 3 N–H and O–H groups in total. The average Bonchev–Trinajstić information content (AvgIpc) is 2.81. The summed E-state index contributed by atoms with van der Waals surface area (Å²) < 4.78 is 10.7. The molecule has 1 aliphatic heterocycles. The molecule has 1 aliphatic rings. The van der Waals surface area contributed by atoms with Crippen LogP contribution in [0.1, 0.15) is 10.4 Å². The van der Waals surface area contributed by atoms with Crippen molar-refractivity contribution in [3.63, 3.8) is 0 Å². The molecule has 0 aromatic heterocycles. The number of hydrogen-bond donors (Lipinski definition) is 2. The van der Waals surface area contributed by atoms with Gasteiger partial charge in [0, 0.05) is 5.56 Å². The lowest BCUT2D eigenvalue weighted by Gasteiger charge is -2.09. The third-order valence-electron chi connectivity index (χ3n) is 2.21. The third kappa shape index (κ3) is 2.01. The Morgan fingerprint density at radius 2 is 2.00 bits per heavy atom. The molecule has 78 valence electrons. The number of benzene rings is 1. The fraction of sp³-hybridized carbons (Fsp3) is 0.222. The van der Waals surface area contributed by atoms with Crippen molar-refractivity contribution in [2.24, 2.45) is 5.84 Å². The van der Waals surface area contributed by atoms with Gasteiger partial charge in [-0.1, -0.05) is 18.2 Å². The number of hydrogen-bond acceptors (Lipinski definition) is 4. The molecule has 0 atom stereocenters. The average molecular weight is 206 g/mol. The molecule has 0 saturated carbocycles. The van der Waals surface area contributed by atoms with E-state index < -0.39 is 7.12 Å². The van der Waals surface area contributed by atoms with Gasteiger partial charge in [0.1, 0.15) is 0 Å². The van der Waals surface area contributed by atoms with Crippen molar-refractivity contribution < 1.29 is 14.1 Å². The van der Waals surface area contributed by atoms with Gasteiger partial charge in [0.25, 0.3) is 5.91 Å². The van der Waals surface area contributed by atoms with Crippen molar-refractivity contribution in [3.8, 4) is 0 Å². The lowest BCUT2D eigenvalue weighted by molar-refractivity contribution is 0.0954. The number of nitrogens with two attached hydrogens (primary N) is 1. The van der Waals surface area contributed by atoms with Crippen LogP contribution in [0.25, 0.3) is 0 Å². The summed E-state index contributed by atoms with van der Waals surface area (Å²) in [4.78, 5) is 11.4. The first kappa shape index (κ1) is 10.2. The number of rotatable bonds is 2. The zero-order chi connectivity index (χ0) is 10.7. The SMILES string of the molecule is NNC(=O)c1ccccc1B1OCCO1. The zero-order valence-corrected chi connectivity index (χ0v) is 8.10. The van der Waals surface area contributed by atoms with E-state index >= 15 is 0 Å². The topological polar surface area (TPSA) is 73.6 Å². The fourth-order valence-corrected chi connectivity index (χ4v) is 1.53. The molecule has 1 aromatic carbocycles. The molecular formula is C9H11BN2O3. The smallest absolute Gasteiger partial charge is 0.405 e. The fourth-order valence-electron chi connectivity index (χ4n) is 1.53. The van der Waals surface area contributed by atoms with E-state index in [1.165, 1.54) is 0 Å². The molecule has 5 nitrogen and oxygen atoms in total. The highest BCUT2D eigenvalue weighted by atomic mass is 16.6. The first-order chi connectivity index (χ1) is 7.33. The predicted molar refractivity (Wildman–Crippen MR) is 55.4 cm³/mol. The molecule has 1 heterocycles. The maximum atomic E-state index is 11.4. The van der Waals surface area contributed by atoms with Gasteiger partial charge in [0.2, 0.25) is 0 Å². The summed E-state index contributed by atoms with van der Waals surface area (Å²) in [5.74, 6) is 4.75. The Balaban J connectivity index is 2.32. The van der Waals surface area contributed by atoms with Crippen LogP contribution in [0.15, 0.2) is 24.3 Å². The Hall–Kier alpha value is -1.37. The second kappa shape index (κ2) is 4.44. The molecule has 0 aliphatic carbocycles. The van der Waals surface area contributed by atoms with E-state index in [2.05, 4.69) is 5.43 Å². The first-order valence-electron chi connectivity index (χ1n) is 4.66. The molecule has 15 heavy (non-hydrogen) atoms. The van der Waals surface area contributed by atoms with Crippen molar-refractivity contribution in [1.29, 1.82) is 0 Å². The van der Waals surface area contributed by atoms with Gasteiger partial charge in [-0.2, -0.15) is 0 Å². The van der Waals surface area contributed by atoms with Gasteiger partial charge in [0.15, 0.2) is 0 Å². The van der Waals surface area contributed by atoms with Gasteiger partial charge in [-0.3, -0.25) is 10.2 Å². The van der Waals surface area contributed by atoms with Crippen LogP contribution in [0.4, 0.5) is 0 Å². The number of carbonyl (C=O) groups is 1. The standard InChI is InChI=1S/C9H11BN2O3/c11-12-9(13)7-3-1-2-4-8(7)10-14-5-6-15-10/h1-4H,5-6,11H2,(H,12,13). The molecule has 0 unspecified atom stereocenters. The van der Waals surface area contributed by atoms with E-state index in [1.807, 2.05) is 6.07 Å². The molecule has 1 fully saturated rings. The summed E-state index contributed by atoms with van der Waals surface area (Å²) in [6.45, 7) is 1.09. The second-order valence-corrected chi connectivity index (χ2v) is 3.13. The molecule has 0 radical (unpaired) electrons. The predicted octanol–water partition coefficient (Wildman–Crippen LogP) is -0.968. The normalized spacial score (nSPS) is 15.4. The van der Waals surface area contributed by atoms with E-state index in [9.17, 15) is 4.79 Å². The quantitative estimate of drug-likeness (QED) is 0.282. The minimum absolute atomic E-state index is 0.343. The van der Waals surface area contributed by atoms with E-state index in [1.54, 1.807) is 18.2 Å². The Labute approximate surface area is 87.7 Å². The number of nitrogen functional groups attached to an aromatic ring is 1. The lowest BCUT2D eigenvalue weighted by atomic mass is 9.76. The van der Waals surface area contributed by atoms with Crippen LogP contribution >= 0.6 is 0 Å². The van der Waals surface area contributed by atoms with Crippen molar-refractivity contribution >= 4 is 18.5 Å². The van der Waals surface area contributed by atoms with Crippen LogP contribution in [-0.2, 0) is 9.31 Å². The van der Waals surface area contributed by atoms with Gasteiger partial charge in [-0.15, -0.1) is 0 Å². The second-order valence-electron chi connectivity index (χ2n) is 3.13. The maximum Gasteiger partial charge on any atom is 0.494 e. The summed E-state index contributed by atoms with van der Waals surface area (Å²) in [6.07, 6.45) is 0. The van der Waals surface area contributed by atoms with Gasteiger partial charge in [-0.25, -0.2) is 5.84 Å². The van der Waals surface area contributed by atoms with Crippen LogP contribution in [0.2, 0.25) is 0 Å². The Morgan fingerprint density at radius 3 is 2.67 bits per heavy atom. The van der Waals surface area contributed by atoms with E-state index in [4.69, 9.17) is 15.2 Å². The first-order valence-corrected chi connectivity index (χ1v) is 4.66. The molecule has 1 aromatic rings. The monoisotopic (exact) mass is 206 g/mol. The van der Waals surface area contributed by atoms with E-state index in [0.717, 1.165) is 0 Å². The summed E-state index contributed by atoms with van der Waals surface area (Å²) in [5, 5.41) is 0. The highest BCUT2D eigenvalue weighted by molar-refractivity contribution is 6.63. The van der Waals surface area contributed by atoms with Crippen molar-refractivity contribution in [2.45, 2.75) is 0 Å². The molecule has 0 spiro atoms. The summed E-state index contributed by atoms with van der Waals surface area (Å²) >= 11 is 0. The van der Waals surface area contributed by atoms with Crippen molar-refractivity contribution in [2.75, 3.05) is 13.2 Å². The van der Waals surface area contributed by atoms with Crippen LogP contribution in [-0.4, -0.2) is 26.2 Å². The highest BCUT2D eigenvalue weighted by Gasteiger charge is 2.29. The Morgan fingerprint density at radius 1 is 1.33 bits per heavy atom. The minimum atomic E-state index is -0.460. The Bertz CT molecular complexity index is 366. The van der Waals surface area contributed by atoms with Crippen molar-refractivity contribution in [3.05, 3.63) is 29.8 Å². The molecule has 1 amide bonds. The van der Waals surface area contributed by atoms with Gasteiger partial charge in [0.05, 0.1) is 13.2 Å². The number of amides is 1. The van der Waals surface area contributed by atoms with Gasteiger partial charge in [-0.05, 0) is 11.5 Å². The third-order valence-corrected chi connectivity index (χ3v) is 2.21. The van der Waals surface area contributed by atoms with Crippen LogP contribution in [0.3, 0.4) is 0 Å². The minimum Gasteiger partial charge on any atom is -0.405 e. The van der Waals surface area contributed by atoms with Crippen molar-refractivity contribution in [1.82, 2.24) is 5.43 Å². The number of nitrogens with one attached hydrogen (secondary N) is 1. The Kier molecular flexibility index (Phi) is 3.01. The van der Waals surface area contributed by atoms with Crippen LogP contribution in [0, 0.1) is 0 Å². The number of carbonyl (C=O) groups excluding carboxylic acids is 1. The van der Waals surface area contributed by atoms with E-state index in [0.29, 0.717) is 24.2 Å². The van der Waals surface area contributed by atoms with E-state index in [-0.39, 0.29) is 5.91 Å². The molecular weight excluding hydrogens is 195 g/mol.